The zero-order valence-electron chi connectivity index (χ0n) is 19.2. The quantitative estimate of drug-likeness (QED) is 0.330. The van der Waals surface area contributed by atoms with Crippen molar-refractivity contribution in [1.82, 2.24) is 15.2 Å². The SMILES string of the molecule is CC.CC.Cc1nc(F)ccc1Oc1nnc(C(F)(F)F)c(C)c1C(=O)Nc1ccccc1.[HH]. The van der Waals surface area contributed by atoms with Gasteiger partial charge in [-0.15, -0.1) is 10.2 Å². The third kappa shape index (κ3) is 7.23. The summed E-state index contributed by atoms with van der Waals surface area (Å²) in [4.78, 5) is 16.3. The number of nitrogens with zero attached hydrogens (tertiary/aromatic N) is 3. The Kier molecular flexibility index (Phi) is 10.4. The van der Waals surface area contributed by atoms with E-state index in [0.717, 1.165) is 13.0 Å². The van der Waals surface area contributed by atoms with E-state index in [0.29, 0.717) is 5.69 Å². The van der Waals surface area contributed by atoms with Crippen LogP contribution in [0.4, 0.5) is 23.2 Å². The van der Waals surface area contributed by atoms with Crippen molar-refractivity contribution in [2.24, 2.45) is 0 Å². The standard InChI is InChI=1S/C19H14F4N4O2.2C2H6.H2/c1-10-15(17(28)25-12-6-4-3-5-7-12)18(27-26-16(10)19(21,22)23)29-13-8-9-14(20)24-11(13)2;2*1-2;/h3-9H,1-2H3,(H,25,28);2*1-2H3;1H. The second kappa shape index (κ2) is 12.5. The average Bonchev–Trinajstić information content (AvgIpc) is 2.78. The van der Waals surface area contributed by atoms with Crippen LogP contribution in [0.2, 0.25) is 0 Å². The van der Waals surface area contributed by atoms with E-state index in [-0.39, 0.29) is 12.9 Å². The maximum Gasteiger partial charge on any atom is 0.435 e. The number of benzene rings is 1. The Labute approximate surface area is 191 Å². The maximum absolute atomic E-state index is 13.3. The molecule has 0 aliphatic heterocycles. The summed E-state index contributed by atoms with van der Waals surface area (Å²) in [6.07, 6.45) is -4.81. The predicted molar refractivity (Wildman–Crippen MR) is 120 cm³/mol. The number of hydrogen-bond donors (Lipinski definition) is 1. The van der Waals surface area contributed by atoms with Crippen molar-refractivity contribution in [3.8, 4) is 11.6 Å². The van der Waals surface area contributed by atoms with Crippen LogP contribution in [0.15, 0.2) is 42.5 Å². The van der Waals surface area contributed by atoms with E-state index >= 15 is 0 Å². The molecule has 33 heavy (non-hydrogen) atoms. The molecule has 1 amide bonds. The van der Waals surface area contributed by atoms with E-state index in [2.05, 4.69) is 20.5 Å². The van der Waals surface area contributed by atoms with E-state index < -0.39 is 40.7 Å². The molecule has 10 heteroatoms. The first-order valence-corrected chi connectivity index (χ1v) is 10.3. The zero-order valence-corrected chi connectivity index (χ0v) is 19.2. The lowest BCUT2D eigenvalue weighted by atomic mass is 10.1. The van der Waals surface area contributed by atoms with E-state index in [1.165, 1.54) is 13.0 Å². The molecule has 0 saturated heterocycles. The molecular weight excluding hydrogens is 440 g/mol. The molecule has 2 heterocycles. The van der Waals surface area contributed by atoms with Gasteiger partial charge in [0.25, 0.3) is 11.8 Å². The summed E-state index contributed by atoms with van der Waals surface area (Å²) in [6.45, 7) is 10.5. The molecule has 0 aliphatic carbocycles. The van der Waals surface area contributed by atoms with E-state index in [4.69, 9.17) is 4.74 Å². The highest BCUT2D eigenvalue weighted by Gasteiger charge is 2.38. The molecule has 6 nitrogen and oxygen atoms in total. The number of hydrogen-bond acceptors (Lipinski definition) is 5. The van der Waals surface area contributed by atoms with Crippen molar-refractivity contribution in [3.63, 3.8) is 0 Å². The highest BCUT2D eigenvalue weighted by molar-refractivity contribution is 6.07. The molecule has 0 spiro atoms. The number of para-hydroxylation sites is 1. The molecule has 0 aliphatic rings. The topological polar surface area (TPSA) is 77.0 Å². The third-order valence-corrected chi connectivity index (χ3v) is 3.92. The molecule has 0 unspecified atom stereocenters. The number of aryl methyl sites for hydroxylation is 1. The van der Waals surface area contributed by atoms with Crippen molar-refractivity contribution < 1.29 is 28.5 Å². The van der Waals surface area contributed by atoms with Crippen LogP contribution in [0, 0.1) is 19.8 Å². The minimum atomic E-state index is -4.81. The monoisotopic (exact) mass is 468 g/mol. The van der Waals surface area contributed by atoms with Gasteiger partial charge >= 0.3 is 6.18 Å². The number of carbonyl (C=O) groups is 1. The van der Waals surface area contributed by atoms with Gasteiger partial charge in [-0.05, 0) is 43.7 Å². The summed E-state index contributed by atoms with van der Waals surface area (Å²) in [5.74, 6) is -2.06. The van der Waals surface area contributed by atoms with Gasteiger partial charge in [0.15, 0.2) is 11.4 Å². The number of anilines is 1. The summed E-state index contributed by atoms with van der Waals surface area (Å²) >= 11 is 0. The van der Waals surface area contributed by atoms with Crippen LogP contribution in [0.25, 0.3) is 0 Å². The minimum Gasteiger partial charge on any atom is -0.435 e. The van der Waals surface area contributed by atoms with Crippen LogP contribution in [-0.4, -0.2) is 21.1 Å². The maximum atomic E-state index is 13.3. The van der Waals surface area contributed by atoms with Crippen LogP contribution in [0.3, 0.4) is 0 Å². The van der Waals surface area contributed by atoms with Gasteiger partial charge in [0, 0.05) is 7.11 Å². The van der Waals surface area contributed by atoms with Crippen molar-refractivity contribution in [2.45, 2.75) is 47.7 Å². The number of carbonyl (C=O) groups excluding carboxylic acids is 1. The van der Waals surface area contributed by atoms with Crippen molar-refractivity contribution in [2.75, 3.05) is 5.32 Å². The molecule has 0 atom stereocenters. The van der Waals surface area contributed by atoms with Crippen molar-refractivity contribution in [3.05, 3.63) is 70.9 Å². The van der Waals surface area contributed by atoms with Gasteiger partial charge in [0.1, 0.15) is 5.56 Å². The van der Waals surface area contributed by atoms with Crippen LogP contribution in [-0.2, 0) is 6.18 Å². The molecule has 0 radical (unpaired) electrons. The van der Waals surface area contributed by atoms with Crippen LogP contribution < -0.4 is 10.1 Å². The van der Waals surface area contributed by atoms with Crippen LogP contribution in [0.5, 0.6) is 11.6 Å². The third-order valence-electron chi connectivity index (χ3n) is 3.92. The van der Waals surface area contributed by atoms with Gasteiger partial charge in [-0.2, -0.15) is 17.6 Å². The van der Waals surface area contributed by atoms with Crippen LogP contribution >= 0.6 is 0 Å². The Balaban J connectivity index is 0.00000207. The fraction of sp³-hybridized carbons (Fsp3) is 0.304. The Morgan fingerprint density at radius 2 is 1.58 bits per heavy atom. The number of pyridine rings is 1. The highest BCUT2D eigenvalue weighted by atomic mass is 19.4. The Morgan fingerprint density at radius 3 is 2.12 bits per heavy atom. The van der Waals surface area contributed by atoms with Gasteiger partial charge in [0.05, 0.1) is 5.69 Å². The first-order valence-electron chi connectivity index (χ1n) is 10.3. The largest absolute Gasteiger partial charge is 0.435 e. The van der Waals surface area contributed by atoms with Gasteiger partial charge in [0.2, 0.25) is 5.95 Å². The van der Waals surface area contributed by atoms with Gasteiger partial charge < -0.3 is 10.1 Å². The minimum absolute atomic E-state index is 0. The zero-order chi connectivity index (χ0) is 25.2. The van der Waals surface area contributed by atoms with E-state index in [9.17, 15) is 22.4 Å². The number of nitrogens with one attached hydrogen (secondary N) is 1. The van der Waals surface area contributed by atoms with Crippen LogP contribution in [0.1, 0.15) is 56.4 Å². The summed E-state index contributed by atoms with van der Waals surface area (Å²) in [5.41, 5.74) is -1.72. The summed E-state index contributed by atoms with van der Waals surface area (Å²) in [6, 6.07) is 10.4. The predicted octanol–water partition coefficient (Wildman–Crippen LogP) is 6.99. The lowest BCUT2D eigenvalue weighted by molar-refractivity contribution is -0.142. The van der Waals surface area contributed by atoms with Gasteiger partial charge in [-0.3, -0.25) is 4.79 Å². The molecule has 2 aromatic heterocycles. The Morgan fingerprint density at radius 1 is 0.970 bits per heavy atom. The molecule has 0 saturated carbocycles. The van der Waals surface area contributed by atoms with E-state index in [1.807, 2.05) is 27.7 Å². The second-order valence-corrected chi connectivity index (χ2v) is 5.99. The van der Waals surface area contributed by atoms with Gasteiger partial charge in [-0.25, -0.2) is 4.98 Å². The van der Waals surface area contributed by atoms with E-state index in [1.54, 1.807) is 30.3 Å². The Bertz CT molecular complexity index is 1060. The lowest BCUT2D eigenvalue weighted by Gasteiger charge is -2.16. The molecular formula is C23H28F4N4O2. The first kappa shape index (κ1) is 27.5. The normalized spacial score (nSPS) is 10.2. The highest BCUT2D eigenvalue weighted by Crippen LogP contribution is 2.35. The van der Waals surface area contributed by atoms with Crippen molar-refractivity contribution >= 4 is 11.6 Å². The average molecular weight is 468 g/mol. The molecule has 3 rings (SSSR count). The Hall–Kier alpha value is -3.56. The molecule has 1 aromatic carbocycles. The first-order chi connectivity index (χ1) is 15.7. The van der Waals surface area contributed by atoms with Crippen molar-refractivity contribution in [1.29, 1.82) is 0 Å². The molecule has 3 aromatic rings. The fourth-order valence-corrected chi connectivity index (χ4v) is 2.55. The molecule has 0 fully saturated rings. The summed E-state index contributed by atoms with van der Waals surface area (Å²) in [5, 5.41) is 9.12. The number of aromatic nitrogens is 3. The number of amides is 1. The lowest BCUT2D eigenvalue weighted by Crippen LogP contribution is -2.21. The number of halogens is 4. The second-order valence-electron chi connectivity index (χ2n) is 5.99. The number of rotatable bonds is 4. The fourth-order valence-electron chi connectivity index (χ4n) is 2.55. The van der Waals surface area contributed by atoms with Gasteiger partial charge in [-0.1, -0.05) is 45.9 Å². The number of alkyl halides is 3. The molecule has 180 valence electrons. The molecule has 1 N–H and O–H groups in total. The summed E-state index contributed by atoms with van der Waals surface area (Å²) < 4.78 is 58.5. The number of ether oxygens (including phenoxy) is 1. The molecule has 0 bridgehead atoms. The summed E-state index contributed by atoms with van der Waals surface area (Å²) in [7, 11) is 0. The smallest absolute Gasteiger partial charge is 0.435 e.